The van der Waals surface area contributed by atoms with E-state index in [1.807, 2.05) is 19.1 Å². The van der Waals surface area contributed by atoms with Crippen LogP contribution < -0.4 is 34.7 Å². The van der Waals surface area contributed by atoms with Crippen molar-refractivity contribution < 1.29 is 39.5 Å². The Morgan fingerprint density at radius 3 is 2.39 bits per heavy atom. The topological polar surface area (TPSA) is 40.1 Å². The summed E-state index contributed by atoms with van der Waals surface area (Å²) in [6, 6.07) is 0. The monoisotopic (exact) mass is 322 g/mol. The number of aliphatic carboxylic acids is 1. The summed E-state index contributed by atoms with van der Waals surface area (Å²) in [5.74, 6) is -1.16. The first-order valence-corrected chi connectivity index (χ1v) is 7.85. The van der Waals surface area contributed by atoms with Crippen LogP contribution in [0, 0.1) is 5.41 Å². The maximum absolute atomic E-state index is 10.4. The van der Waals surface area contributed by atoms with Crippen LogP contribution in [0.25, 0.3) is 0 Å². The van der Waals surface area contributed by atoms with Crippen LogP contribution in [-0.2, 0) is 4.79 Å². The molecule has 0 aromatic rings. The van der Waals surface area contributed by atoms with E-state index in [1.54, 1.807) is 13.0 Å². The Bertz CT molecular complexity index is 572. The Morgan fingerprint density at radius 2 is 1.83 bits per heavy atom. The molecule has 1 aliphatic carbocycles. The van der Waals surface area contributed by atoms with Gasteiger partial charge in [-0.05, 0) is 62.7 Å². The van der Waals surface area contributed by atoms with Crippen LogP contribution in [0.4, 0.5) is 0 Å². The molecule has 23 heavy (non-hydrogen) atoms. The largest absolute Gasteiger partial charge is 1.00 e. The van der Waals surface area contributed by atoms with Crippen LogP contribution in [0.5, 0.6) is 0 Å². The van der Waals surface area contributed by atoms with E-state index >= 15 is 0 Å². The van der Waals surface area contributed by atoms with Crippen molar-refractivity contribution >= 4 is 5.97 Å². The zero-order chi connectivity index (χ0) is 16.8. The second-order valence-corrected chi connectivity index (χ2v) is 6.74. The molecule has 0 fully saturated rings. The maximum atomic E-state index is 10.4. The fourth-order valence-corrected chi connectivity index (χ4v) is 2.87. The molecule has 0 amide bonds. The minimum atomic E-state index is -1.16. The van der Waals surface area contributed by atoms with Gasteiger partial charge < -0.3 is 9.90 Å². The summed E-state index contributed by atoms with van der Waals surface area (Å²) in [4.78, 5) is 10.4. The van der Waals surface area contributed by atoms with Gasteiger partial charge in [-0.3, -0.25) is 0 Å². The fourth-order valence-electron chi connectivity index (χ4n) is 2.87. The van der Waals surface area contributed by atoms with Crippen molar-refractivity contribution in [3.05, 3.63) is 58.7 Å². The normalized spacial score (nSPS) is 19.3. The number of carboxylic acid groups (broad SMARTS) is 1. The third kappa shape index (κ3) is 8.01. The van der Waals surface area contributed by atoms with Crippen molar-refractivity contribution in [1.29, 1.82) is 0 Å². The molecular weight excluding hydrogens is 295 g/mol. The Kier molecular flexibility index (Phi) is 9.76. The summed E-state index contributed by atoms with van der Waals surface area (Å²) < 4.78 is 0. The van der Waals surface area contributed by atoms with E-state index in [0.29, 0.717) is 5.57 Å². The maximum Gasteiger partial charge on any atom is 1.00 e. The summed E-state index contributed by atoms with van der Waals surface area (Å²) in [7, 11) is 0. The number of carbonyl (C=O) groups excluding carboxylic acids is 1. The average molecular weight is 322 g/mol. The van der Waals surface area contributed by atoms with Crippen LogP contribution in [0.1, 0.15) is 53.9 Å². The summed E-state index contributed by atoms with van der Waals surface area (Å²) in [5, 5.41) is 10.4. The molecule has 0 saturated carbocycles. The molecule has 1 aliphatic rings. The molecule has 0 atom stereocenters. The average Bonchev–Trinajstić information content (AvgIpc) is 2.36. The Labute approximate surface area is 163 Å². The molecule has 0 bridgehead atoms. The molecule has 3 heteroatoms. The molecule has 120 valence electrons. The Hall–Kier alpha value is -0.830. The van der Waals surface area contributed by atoms with Gasteiger partial charge in [0.25, 0.3) is 0 Å². The summed E-state index contributed by atoms with van der Waals surface area (Å²) in [6.45, 7) is 10.6. The predicted molar refractivity (Wildman–Crippen MR) is 91.1 cm³/mol. The van der Waals surface area contributed by atoms with E-state index in [1.165, 1.54) is 30.4 Å². The van der Waals surface area contributed by atoms with E-state index in [9.17, 15) is 9.90 Å². The van der Waals surface area contributed by atoms with Gasteiger partial charge in [0.1, 0.15) is 0 Å². The van der Waals surface area contributed by atoms with E-state index < -0.39 is 5.97 Å². The van der Waals surface area contributed by atoms with Gasteiger partial charge in [-0.2, -0.15) is 0 Å². The van der Waals surface area contributed by atoms with E-state index in [4.69, 9.17) is 0 Å². The van der Waals surface area contributed by atoms with Gasteiger partial charge in [0.05, 0.1) is 5.97 Å². The SMILES string of the molecule is CC1=C(/C=C/C(C)=C\C=C\C(C)=C\C(=O)[O-])C(C)(C)CCC1.[Na+]. The van der Waals surface area contributed by atoms with Crippen LogP contribution in [0.2, 0.25) is 0 Å². The molecule has 0 radical (unpaired) electrons. The third-order valence-corrected chi connectivity index (χ3v) is 4.12. The van der Waals surface area contributed by atoms with Gasteiger partial charge in [-0.1, -0.05) is 55.4 Å². The molecule has 0 aromatic carbocycles. The number of carboxylic acids is 1. The molecule has 0 spiro atoms. The first-order valence-electron chi connectivity index (χ1n) is 7.85. The molecule has 0 aliphatic heterocycles. The van der Waals surface area contributed by atoms with E-state index in [0.717, 1.165) is 11.6 Å². The summed E-state index contributed by atoms with van der Waals surface area (Å²) in [5.41, 5.74) is 4.99. The molecular formula is C20H27NaO2. The third-order valence-electron chi connectivity index (χ3n) is 4.12. The molecule has 0 saturated heterocycles. The standard InChI is InChI=1S/C20H28O2.Na/c1-15(8-6-9-16(2)14-19(21)22)11-12-18-17(3)10-7-13-20(18,4)5;/h6,8-9,11-12,14H,7,10,13H2,1-5H3,(H,21,22);/q;+1/p-1/b9-6+,12-11+,15-8-,16-14+;. The Morgan fingerprint density at radius 1 is 1.17 bits per heavy atom. The molecule has 0 N–H and O–H groups in total. The molecule has 0 unspecified atom stereocenters. The smallest absolute Gasteiger partial charge is 0.545 e. The van der Waals surface area contributed by atoms with Crippen molar-refractivity contribution in [2.75, 3.05) is 0 Å². The van der Waals surface area contributed by atoms with Gasteiger partial charge in [-0.25, -0.2) is 0 Å². The first kappa shape index (κ1) is 22.2. The van der Waals surface area contributed by atoms with Crippen LogP contribution >= 0.6 is 0 Å². The van der Waals surface area contributed by atoms with Gasteiger partial charge in [0.2, 0.25) is 0 Å². The number of rotatable bonds is 5. The fraction of sp³-hybridized carbons (Fsp3) is 0.450. The number of carbonyl (C=O) groups is 1. The van der Waals surface area contributed by atoms with Gasteiger partial charge >= 0.3 is 29.6 Å². The summed E-state index contributed by atoms with van der Waals surface area (Å²) >= 11 is 0. The molecule has 0 aromatic heterocycles. The zero-order valence-electron chi connectivity index (χ0n) is 15.4. The van der Waals surface area contributed by atoms with Gasteiger partial charge in [0.15, 0.2) is 0 Å². The predicted octanol–water partition coefficient (Wildman–Crippen LogP) is 1.27. The number of allylic oxidation sites excluding steroid dienone is 9. The van der Waals surface area contributed by atoms with Gasteiger partial charge in [0, 0.05) is 0 Å². The molecule has 0 heterocycles. The van der Waals surface area contributed by atoms with Crippen molar-refractivity contribution in [2.24, 2.45) is 5.41 Å². The number of hydrogen-bond donors (Lipinski definition) is 0. The zero-order valence-corrected chi connectivity index (χ0v) is 17.4. The summed E-state index contributed by atoms with van der Waals surface area (Å²) in [6.07, 6.45) is 14.8. The Balaban J connectivity index is 0.00000484. The second-order valence-electron chi connectivity index (χ2n) is 6.74. The first-order chi connectivity index (χ1) is 10.2. The van der Waals surface area contributed by atoms with Crippen molar-refractivity contribution in [3.63, 3.8) is 0 Å². The molecule has 2 nitrogen and oxygen atoms in total. The van der Waals surface area contributed by atoms with Crippen LogP contribution in [0.3, 0.4) is 0 Å². The van der Waals surface area contributed by atoms with Crippen LogP contribution in [-0.4, -0.2) is 5.97 Å². The second kappa shape index (κ2) is 10.1. The van der Waals surface area contributed by atoms with Gasteiger partial charge in [-0.15, -0.1) is 0 Å². The molecule has 1 rings (SSSR count). The van der Waals surface area contributed by atoms with Crippen LogP contribution in [0.15, 0.2) is 58.7 Å². The van der Waals surface area contributed by atoms with Crippen molar-refractivity contribution in [1.82, 2.24) is 0 Å². The van der Waals surface area contributed by atoms with Crippen molar-refractivity contribution in [3.8, 4) is 0 Å². The minimum Gasteiger partial charge on any atom is -0.545 e. The minimum absolute atomic E-state index is 0. The van der Waals surface area contributed by atoms with E-state index in [-0.39, 0.29) is 35.0 Å². The van der Waals surface area contributed by atoms with Crippen molar-refractivity contribution in [2.45, 2.75) is 53.9 Å². The number of hydrogen-bond acceptors (Lipinski definition) is 2. The quantitative estimate of drug-likeness (QED) is 0.434. The van der Waals surface area contributed by atoms with E-state index in [2.05, 4.69) is 32.9 Å².